The normalized spacial score (nSPS) is 24.1. The molecule has 3 aliphatic rings. The highest BCUT2D eigenvalue weighted by Gasteiger charge is 2.51. The van der Waals surface area contributed by atoms with Gasteiger partial charge in [-0.15, -0.1) is 0 Å². The number of benzene rings is 2. The van der Waals surface area contributed by atoms with Crippen LogP contribution >= 0.6 is 0 Å². The van der Waals surface area contributed by atoms with E-state index >= 15 is 0 Å². The number of hydrogen-bond donors (Lipinski definition) is 0. The predicted molar refractivity (Wildman–Crippen MR) is 145 cm³/mol. The molecule has 38 heavy (non-hydrogen) atoms. The summed E-state index contributed by atoms with van der Waals surface area (Å²) in [5.74, 6) is 0.670. The third-order valence-corrected chi connectivity index (χ3v) is 9.05. The van der Waals surface area contributed by atoms with Crippen LogP contribution in [0.1, 0.15) is 18.4 Å². The maximum Gasteiger partial charge on any atom is 0.258 e. The SMILES string of the molecule is Cn1cc(-c2ccc(-c3ccc(C4=NC5(CCOC5)C(=O)N4CC4CCN(S(C)(=O)=O)C4)cc3)cc2)cn1. The molecule has 2 atom stereocenters. The molecule has 4 heterocycles. The molecule has 2 unspecified atom stereocenters. The van der Waals surface area contributed by atoms with Crippen molar-refractivity contribution < 1.29 is 17.9 Å². The number of aryl methyl sites for hydroxylation is 1. The number of rotatable bonds is 6. The van der Waals surface area contributed by atoms with Crippen molar-refractivity contribution >= 4 is 21.8 Å². The summed E-state index contributed by atoms with van der Waals surface area (Å²) in [5.41, 5.74) is 4.35. The lowest BCUT2D eigenvalue weighted by molar-refractivity contribution is -0.131. The lowest BCUT2D eigenvalue weighted by Gasteiger charge is -2.25. The highest BCUT2D eigenvalue weighted by Crippen LogP contribution is 2.35. The van der Waals surface area contributed by atoms with Gasteiger partial charge in [-0.1, -0.05) is 48.5 Å². The standard InChI is InChI=1S/C28H31N5O4S/c1-31-18-25(15-29-31)23-5-3-21(4-6-23)22-7-9-24(10-8-22)26-30-28(12-14-37-19-28)27(34)33(26)17-20-11-13-32(16-20)38(2,35)36/h3-10,15,18,20H,11-14,16-17,19H2,1-2H3. The zero-order valence-electron chi connectivity index (χ0n) is 21.6. The molecule has 2 saturated heterocycles. The number of amides is 1. The van der Waals surface area contributed by atoms with Gasteiger partial charge in [-0.25, -0.2) is 17.7 Å². The van der Waals surface area contributed by atoms with Gasteiger partial charge in [0.05, 0.1) is 19.1 Å². The Hall–Kier alpha value is -3.34. The molecule has 3 aromatic rings. The zero-order chi connectivity index (χ0) is 26.5. The lowest BCUT2D eigenvalue weighted by Crippen LogP contribution is -2.45. The number of sulfonamides is 1. The Morgan fingerprint density at radius 3 is 2.16 bits per heavy atom. The van der Waals surface area contributed by atoms with Crippen LogP contribution in [0.4, 0.5) is 0 Å². The summed E-state index contributed by atoms with van der Waals surface area (Å²) < 4.78 is 32.9. The van der Waals surface area contributed by atoms with Gasteiger partial charge >= 0.3 is 0 Å². The largest absolute Gasteiger partial charge is 0.378 e. The fraction of sp³-hybridized carbons (Fsp3) is 0.393. The molecule has 0 bridgehead atoms. The molecule has 1 amide bonds. The number of amidine groups is 1. The molecule has 0 N–H and O–H groups in total. The Labute approximate surface area is 222 Å². The number of aliphatic imine (C=N–C) groups is 1. The van der Waals surface area contributed by atoms with Crippen molar-refractivity contribution in [3.63, 3.8) is 0 Å². The first kappa shape index (κ1) is 25.0. The zero-order valence-corrected chi connectivity index (χ0v) is 22.4. The van der Waals surface area contributed by atoms with E-state index in [-0.39, 0.29) is 18.4 Å². The first-order chi connectivity index (χ1) is 18.2. The van der Waals surface area contributed by atoms with Gasteiger partial charge in [0.15, 0.2) is 5.54 Å². The molecule has 2 aromatic carbocycles. The van der Waals surface area contributed by atoms with E-state index in [1.165, 1.54) is 10.6 Å². The third-order valence-electron chi connectivity index (χ3n) is 7.78. The van der Waals surface area contributed by atoms with E-state index in [9.17, 15) is 13.2 Å². The fourth-order valence-electron chi connectivity index (χ4n) is 5.60. The van der Waals surface area contributed by atoms with Gasteiger partial charge in [-0.2, -0.15) is 5.10 Å². The summed E-state index contributed by atoms with van der Waals surface area (Å²) in [6.07, 6.45) is 6.37. The molecule has 1 aromatic heterocycles. The molecule has 0 saturated carbocycles. The molecule has 10 heteroatoms. The van der Waals surface area contributed by atoms with Gasteiger partial charge in [-0.3, -0.25) is 14.4 Å². The van der Waals surface area contributed by atoms with Crippen LogP contribution < -0.4 is 0 Å². The Bertz CT molecular complexity index is 1490. The monoisotopic (exact) mass is 533 g/mol. The second-order valence-electron chi connectivity index (χ2n) is 10.5. The average molecular weight is 534 g/mol. The highest BCUT2D eigenvalue weighted by molar-refractivity contribution is 7.88. The van der Waals surface area contributed by atoms with Gasteiger partial charge in [0.2, 0.25) is 10.0 Å². The van der Waals surface area contributed by atoms with Crippen molar-refractivity contribution in [2.45, 2.75) is 18.4 Å². The minimum Gasteiger partial charge on any atom is -0.378 e. The summed E-state index contributed by atoms with van der Waals surface area (Å²) in [4.78, 5) is 20.3. The van der Waals surface area contributed by atoms with Crippen LogP contribution in [0.5, 0.6) is 0 Å². The van der Waals surface area contributed by atoms with Gasteiger partial charge in [0, 0.05) is 57.0 Å². The molecular formula is C28H31N5O4S. The van der Waals surface area contributed by atoms with E-state index in [1.807, 2.05) is 31.6 Å². The second kappa shape index (κ2) is 9.44. The molecule has 3 aliphatic heterocycles. The van der Waals surface area contributed by atoms with E-state index in [0.29, 0.717) is 38.5 Å². The third kappa shape index (κ3) is 4.57. The summed E-state index contributed by atoms with van der Waals surface area (Å²) in [7, 11) is -1.34. The van der Waals surface area contributed by atoms with Gasteiger partial charge < -0.3 is 4.74 Å². The molecule has 9 nitrogen and oxygen atoms in total. The van der Waals surface area contributed by atoms with Crippen LogP contribution in [-0.2, 0) is 26.6 Å². The predicted octanol–water partition coefficient (Wildman–Crippen LogP) is 2.78. The smallest absolute Gasteiger partial charge is 0.258 e. The second-order valence-corrected chi connectivity index (χ2v) is 12.5. The van der Waals surface area contributed by atoms with Crippen molar-refractivity contribution in [2.75, 3.05) is 39.1 Å². The van der Waals surface area contributed by atoms with E-state index in [0.717, 1.165) is 34.2 Å². The van der Waals surface area contributed by atoms with Gasteiger partial charge in [-0.05, 0) is 29.0 Å². The molecule has 2 fully saturated rings. The van der Waals surface area contributed by atoms with Crippen molar-refractivity contribution in [1.29, 1.82) is 0 Å². The minimum atomic E-state index is -3.24. The van der Waals surface area contributed by atoms with Crippen molar-refractivity contribution in [3.05, 3.63) is 66.5 Å². The quantitative estimate of drug-likeness (QED) is 0.486. The maximum absolute atomic E-state index is 13.6. The number of ether oxygens (including phenoxy) is 1. The Morgan fingerprint density at radius 1 is 1.00 bits per heavy atom. The Kier molecular flexibility index (Phi) is 6.20. The van der Waals surface area contributed by atoms with Crippen molar-refractivity contribution in [1.82, 2.24) is 19.0 Å². The minimum absolute atomic E-state index is 0.0436. The average Bonchev–Trinajstić information content (AvgIpc) is 3.70. The fourth-order valence-corrected chi connectivity index (χ4v) is 6.52. The summed E-state index contributed by atoms with van der Waals surface area (Å²) in [6, 6.07) is 16.5. The lowest BCUT2D eigenvalue weighted by atomic mass is 9.98. The van der Waals surface area contributed by atoms with Gasteiger partial charge in [0.1, 0.15) is 5.84 Å². The van der Waals surface area contributed by atoms with Crippen LogP contribution in [0.15, 0.2) is 65.9 Å². The first-order valence-electron chi connectivity index (χ1n) is 12.9. The van der Waals surface area contributed by atoms with E-state index in [4.69, 9.17) is 9.73 Å². The van der Waals surface area contributed by atoms with Crippen molar-refractivity contribution in [2.24, 2.45) is 18.0 Å². The molecule has 0 radical (unpaired) electrons. The number of carbonyl (C=O) groups excluding carboxylic acids is 1. The number of carbonyl (C=O) groups is 1. The van der Waals surface area contributed by atoms with E-state index < -0.39 is 15.6 Å². The van der Waals surface area contributed by atoms with Crippen LogP contribution in [0, 0.1) is 5.92 Å². The van der Waals surface area contributed by atoms with Crippen LogP contribution in [-0.4, -0.2) is 83.8 Å². The van der Waals surface area contributed by atoms with Gasteiger partial charge in [0.25, 0.3) is 5.91 Å². The van der Waals surface area contributed by atoms with Crippen LogP contribution in [0.3, 0.4) is 0 Å². The molecule has 6 rings (SSSR count). The Morgan fingerprint density at radius 2 is 1.63 bits per heavy atom. The van der Waals surface area contributed by atoms with E-state index in [1.54, 1.807) is 9.58 Å². The molecule has 198 valence electrons. The number of nitrogens with zero attached hydrogens (tertiary/aromatic N) is 5. The summed E-state index contributed by atoms with van der Waals surface area (Å²) in [5, 5.41) is 4.25. The highest BCUT2D eigenvalue weighted by atomic mass is 32.2. The molecule has 0 aliphatic carbocycles. The van der Waals surface area contributed by atoms with E-state index in [2.05, 4.69) is 41.5 Å². The van der Waals surface area contributed by atoms with Crippen molar-refractivity contribution in [3.8, 4) is 22.3 Å². The first-order valence-corrected chi connectivity index (χ1v) is 14.7. The summed E-state index contributed by atoms with van der Waals surface area (Å²) in [6.45, 7) is 2.15. The van der Waals surface area contributed by atoms with Crippen LogP contribution in [0.2, 0.25) is 0 Å². The number of aromatic nitrogens is 2. The summed E-state index contributed by atoms with van der Waals surface area (Å²) >= 11 is 0. The van der Waals surface area contributed by atoms with Crippen LogP contribution in [0.25, 0.3) is 22.3 Å². The molecular weight excluding hydrogens is 502 g/mol. The maximum atomic E-state index is 13.6. The molecule has 1 spiro atoms. The topological polar surface area (TPSA) is 97.1 Å². The number of hydrogen-bond acceptors (Lipinski definition) is 6. The Balaban J connectivity index is 1.24.